The van der Waals surface area contributed by atoms with E-state index in [-0.39, 0.29) is 17.5 Å². The lowest BCUT2D eigenvalue weighted by Crippen LogP contribution is -2.36. The monoisotopic (exact) mass is 251 g/mol. The predicted molar refractivity (Wildman–Crippen MR) is 68.0 cm³/mol. The molecule has 4 nitrogen and oxygen atoms in total. The molecule has 0 radical (unpaired) electrons. The van der Waals surface area contributed by atoms with Crippen LogP contribution in [0.3, 0.4) is 0 Å². The summed E-state index contributed by atoms with van der Waals surface area (Å²) in [6.07, 6.45) is 4.35. The van der Waals surface area contributed by atoms with Crippen molar-refractivity contribution in [1.82, 2.24) is 10.3 Å². The zero-order valence-electron chi connectivity index (χ0n) is 10.7. The van der Waals surface area contributed by atoms with Gasteiger partial charge in [-0.1, -0.05) is 13.3 Å². The average molecular weight is 251 g/mol. The molecule has 0 saturated heterocycles. The average Bonchev–Trinajstić information content (AvgIpc) is 2.75. The predicted octanol–water partition coefficient (Wildman–Crippen LogP) is 2.18. The van der Waals surface area contributed by atoms with Crippen molar-refractivity contribution < 1.29 is 9.18 Å². The molecule has 1 aliphatic rings. The number of nitrogens with one attached hydrogen (secondary N) is 2. The van der Waals surface area contributed by atoms with E-state index < -0.39 is 5.82 Å². The van der Waals surface area contributed by atoms with Gasteiger partial charge in [-0.3, -0.25) is 4.79 Å². The first-order valence-electron chi connectivity index (χ1n) is 6.26. The molecule has 2 rings (SSSR count). The molecule has 0 aliphatic heterocycles. The summed E-state index contributed by atoms with van der Waals surface area (Å²) in [5.41, 5.74) is 0.261. The van der Waals surface area contributed by atoms with E-state index in [4.69, 9.17) is 0 Å². The highest BCUT2D eigenvalue weighted by Gasteiger charge is 2.26. The number of pyridine rings is 1. The van der Waals surface area contributed by atoms with E-state index in [1.165, 1.54) is 6.07 Å². The van der Waals surface area contributed by atoms with Crippen molar-refractivity contribution in [3.63, 3.8) is 0 Å². The molecule has 2 atom stereocenters. The van der Waals surface area contributed by atoms with Gasteiger partial charge in [0.1, 0.15) is 11.6 Å². The lowest BCUT2D eigenvalue weighted by atomic mass is 10.1. The van der Waals surface area contributed by atoms with Crippen LogP contribution in [0.5, 0.6) is 0 Å². The summed E-state index contributed by atoms with van der Waals surface area (Å²) in [6, 6.07) is 1.40. The Morgan fingerprint density at radius 1 is 1.50 bits per heavy atom. The van der Waals surface area contributed by atoms with Gasteiger partial charge in [-0.15, -0.1) is 0 Å². The summed E-state index contributed by atoms with van der Waals surface area (Å²) in [7, 11) is 1.66. The lowest BCUT2D eigenvalue weighted by molar-refractivity contribution is 0.0929. The summed E-state index contributed by atoms with van der Waals surface area (Å²) in [6.45, 7) is 2.13. The minimum Gasteiger partial charge on any atom is -0.372 e. The molecule has 98 valence electrons. The van der Waals surface area contributed by atoms with Crippen molar-refractivity contribution in [3.05, 3.63) is 23.6 Å². The van der Waals surface area contributed by atoms with E-state index in [1.54, 1.807) is 7.05 Å². The Kier molecular flexibility index (Phi) is 3.79. The molecule has 1 amide bonds. The maximum atomic E-state index is 13.2. The van der Waals surface area contributed by atoms with Gasteiger partial charge in [-0.05, 0) is 24.8 Å². The third-order valence-electron chi connectivity index (χ3n) is 3.51. The van der Waals surface area contributed by atoms with E-state index in [9.17, 15) is 9.18 Å². The van der Waals surface area contributed by atoms with Gasteiger partial charge >= 0.3 is 0 Å². The fourth-order valence-corrected chi connectivity index (χ4v) is 2.42. The Morgan fingerprint density at radius 3 is 2.89 bits per heavy atom. The summed E-state index contributed by atoms with van der Waals surface area (Å²) in [5, 5.41) is 5.76. The number of hydrogen-bond acceptors (Lipinski definition) is 3. The van der Waals surface area contributed by atoms with Crippen molar-refractivity contribution in [2.75, 3.05) is 12.4 Å². The third kappa shape index (κ3) is 2.60. The molecule has 1 heterocycles. The second kappa shape index (κ2) is 5.33. The Hall–Kier alpha value is -1.65. The zero-order chi connectivity index (χ0) is 13.1. The van der Waals surface area contributed by atoms with Crippen molar-refractivity contribution in [3.8, 4) is 0 Å². The first-order valence-corrected chi connectivity index (χ1v) is 6.26. The van der Waals surface area contributed by atoms with Gasteiger partial charge in [0.15, 0.2) is 0 Å². The highest BCUT2D eigenvalue weighted by Crippen LogP contribution is 2.25. The van der Waals surface area contributed by atoms with Crippen LogP contribution in [-0.4, -0.2) is 24.0 Å². The van der Waals surface area contributed by atoms with E-state index in [1.807, 2.05) is 0 Å². The maximum absolute atomic E-state index is 13.2. The molecule has 1 aromatic heterocycles. The van der Waals surface area contributed by atoms with Crippen LogP contribution in [0.15, 0.2) is 12.3 Å². The van der Waals surface area contributed by atoms with E-state index in [0.717, 1.165) is 25.5 Å². The molecule has 18 heavy (non-hydrogen) atoms. The number of anilines is 1. The van der Waals surface area contributed by atoms with Crippen molar-refractivity contribution in [2.45, 2.75) is 32.2 Å². The lowest BCUT2D eigenvalue weighted by Gasteiger charge is -2.18. The molecular formula is C13H18FN3O. The zero-order valence-corrected chi connectivity index (χ0v) is 10.7. The number of carbonyl (C=O) groups is 1. The second-order valence-electron chi connectivity index (χ2n) is 4.79. The van der Waals surface area contributed by atoms with E-state index >= 15 is 0 Å². The van der Waals surface area contributed by atoms with Crippen LogP contribution in [-0.2, 0) is 0 Å². The Morgan fingerprint density at radius 2 is 2.28 bits per heavy atom. The molecule has 1 aromatic rings. The number of hydrogen-bond donors (Lipinski definition) is 2. The van der Waals surface area contributed by atoms with Gasteiger partial charge in [0.2, 0.25) is 0 Å². The van der Waals surface area contributed by atoms with Crippen LogP contribution in [0.25, 0.3) is 0 Å². The largest absolute Gasteiger partial charge is 0.372 e. The first-order chi connectivity index (χ1) is 8.61. The second-order valence-corrected chi connectivity index (χ2v) is 4.79. The Bertz CT molecular complexity index is 450. The van der Waals surface area contributed by atoms with Crippen LogP contribution in [0, 0.1) is 11.7 Å². The summed E-state index contributed by atoms with van der Waals surface area (Å²) in [5.74, 6) is 0.122. The fraction of sp³-hybridized carbons (Fsp3) is 0.538. The number of nitrogens with zero attached hydrogens (tertiary/aromatic N) is 1. The minimum absolute atomic E-state index is 0.186. The van der Waals surface area contributed by atoms with Gasteiger partial charge in [0, 0.05) is 13.1 Å². The summed E-state index contributed by atoms with van der Waals surface area (Å²) >= 11 is 0. The number of carbonyl (C=O) groups excluding carboxylic acids is 1. The highest BCUT2D eigenvalue weighted by atomic mass is 19.1. The Labute approximate surface area is 106 Å². The number of amides is 1. The van der Waals surface area contributed by atoms with Gasteiger partial charge in [0.05, 0.1) is 11.8 Å². The number of aromatic nitrogens is 1. The van der Waals surface area contributed by atoms with Crippen LogP contribution in [0.4, 0.5) is 10.2 Å². The molecule has 1 fully saturated rings. The third-order valence-corrected chi connectivity index (χ3v) is 3.51. The smallest absolute Gasteiger partial charge is 0.255 e. The molecular weight excluding hydrogens is 233 g/mol. The SMILES string of the molecule is CNc1ncc(F)cc1C(=O)NC1CCCC1C. The minimum atomic E-state index is -0.501. The van der Waals surface area contributed by atoms with E-state index in [2.05, 4.69) is 22.5 Å². The number of halogens is 1. The van der Waals surface area contributed by atoms with E-state index in [0.29, 0.717) is 11.7 Å². The van der Waals surface area contributed by atoms with Crippen molar-refractivity contribution >= 4 is 11.7 Å². The number of rotatable bonds is 3. The molecule has 1 saturated carbocycles. The van der Waals surface area contributed by atoms with Crippen LogP contribution < -0.4 is 10.6 Å². The van der Waals surface area contributed by atoms with Crippen molar-refractivity contribution in [1.29, 1.82) is 0 Å². The summed E-state index contributed by atoms with van der Waals surface area (Å²) < 4.78 is 13.2. The van der Waals surface area contributed by atoms with Crippen LogP contribution in [0.2, 0.25) is 0 Å². The standard InChI is InChI=1S/C13H18FN3O/c1-8-4-3-5-11(8)17-13(18)10-6-9(14)7-16-12(10)15-2/h6-8,11H,3-5H2,1-2H3,(H,15,16)(H,17,18). The van der Waals surface area contributed by atoms with Gasteiger partial charge in [-0.2, -0.15) is 0 Å². The summed E-state index contributed by atoms with van der Waals surface area (Å²) in [4.78, 5) is 16.0. The topological polar surface area (TPSA) is 54.0 Å². The molecule has 1 aliphatic carbocycles. The highest BCUT2D eigenvalue weighted by molar-refractivity contribution is 5.98. The van der Waals surface area contributed by atoms with Gasteiger partial charge < -0.3 is 10.6 Å². The molecule has 5 heteroatoms. The van der Waals surface area contributed by atoms with Gasteiger partial charge in [-0.25, -0.2) is 9.37 Å². The van der Waals surface area contributed by atoms with Crippen LogP contribution in [0.1, 0.15) is 36.5 Å². The fourth-order valence-electron chi connectivity index (χ4n) is 2.42. The van der Waals surface area contributed by atoms with Crippen molar-refractivity contribution in [2.24, 2.45) is 5.92 Å². The molecule has 0 aromatic carbocycles. The molecule has 2 unspecified atom stereocenters. The molecule has 0 spiro atoms. The normalized spacial score (nSPS) is 22.8. The quantitative estimate of drug-likeness (QED) is 0.865. The van der Waals surface area contributed by atoms with Gasteiger partial charge in [0.25, 0.3) is 5.91 Å². The van der Waals surface area contributed by atoms with Crippen LogP contribution >= 0.6 is 0 Å². The molecule has 2 N–H and O–H groups in total. The first kappa shape index (κ1) is 12.8. The molecule has 0 bridgehead atoms. The maximum Gasteiger partial charge on any atom is 0.255 e. The Balaban J connectivity index is 2.15.